The highest BCUT2D eigenvalue weighted by Gasteiger charge is 2.19. The molecule has 1 aliphatic carbocycles. The van der Waals surface area contributed by atoms with Gasteiger partial charge in [0.2, 0.25) is 5.91 Å². The van der Waals surface area contributed by atoms with E-state index in [1.165, 1.54) is 12.8 Å². The average molecular weight is 402 g/mol. The van der Waals surface area contributed by atoms with E-state index >= 15 is 0 Å². The number of carbonyl (C=O) groups is 1. The van der Waals surface area contributed by atoms with Gasteiger partial charge in [0.25, 0.3) is 0 Å². The predicted octanol–water partition coefficient (Wildman–Crippen LogP) is 5.50. The van der Waals surface area contributed by atoms with Crippen LogP contribution in [0.15, 0.2) is 42.5 Å². The summed E-state index contributed by atoms with van der Waals surface area (Å²) in [5.74, 6) is -1.03. The van der Waals surface area contributed by atoms with Gasteiger partial charge < -0.3 is 15.4 Å². The Bertz CT molecular complexity index is 843. The van der Waals surface area contributed by atoms with Gasteiger partial charge in [-0.25, -0.2) is 8.78 Å². The lowest BCUT2D eigenvalue weighted by atomic mass is 9.89. The smallest absolute Gasteiger partial charge is 0.246 e. The van der Waals surface area contributed by atoms with E-state index in [4.69, 9.17) is 4.74 Å². The van der Waals surface area contributed by atoms with Crippen LogP contribution in [0.25, 0.3) is 0 Å². The van der Waals surface area contributed by atoms with Gasteiger partial charge in [-0.1, -0.05) is 31.9 Å². The second kappa shape index (κ2) is 9.83. The highest BCUT2D eigenvalue weighted by Crippen LogP contribution is 2.26. The van der Waals surface area contributed by atoms with Crippen LogP contribution in [0.2, 0.25) is 0 Å². The standard InChI is InChI=1S/C23H28F2N2O2/c1-15-5-3-8-20(11-15)29-14-17-6-4-7-19(12-17)26-16(2)23(28)27-22-13-18(24)9-10-21(22)25/h4,6-7,9-10,12-13,15-16,20,26H,3,5,8,11,14H2,1-2H3,(H,27,28). The van der Waals surface area contributed by atoms with Crippen molar-refractivity contribution in [3.8, 4) is 0 Å². The van der Waals surface area contributed by atoms with Gasteiger partial charge in [-0.2, -0.15) is 0 Å². The zero-order valence-corrected chi connectivity index (χ0v) is 16.9. The normalized spacial score (nSPS) is 20.1. The number of anilines is 2. The number of amides is 1. The zero-order valence-electron chi connectivity index (χ0n) is 16.9. The first kappa shape index (κ1) is 21.2. The number of carbonyl (C=O) groups excluding carboxylic acids is 1. The molecule has 0 radical (unpaired) electrons. The van der Waals surface area contributed by atoms with Gasteiger partial charge in [0.05, 0.1) is 18.4 Å². The molecule has 3 rings (SSSR count). The summed E-state index contributed by atoms with van der Waals surface area (Å²) in [7, 11) is 0. The van der Waals surface area contributed by atoms with Crippen LogP contribution >= 0.6 is 0 Å². The van der Waals surface area contributed by atoms with Crippen molar-refractivity contribution in [2.45, 2.75) is 58.3 Å². The lowest BCUT2D eigenvalue weighted by Gasteiger charge is -2.26. The van der Waals surface area contributed by atoms with Crippen molar-refractivity contribution in [1.82, 2.24) is 0 Å². The van der Waals surface area contributed by atoms with Crippen LogP contribution in [0.3, 0.4) is 0 Å². The molecule has 0 spiro atoms. The molecule has 1 amide bonds. The SMILES string of the molecule is CC1CCCC(OCc2cccc(NC(C)C(=O)Nc3cc(F)ccc3F)c2)C1. The van der Waals surface area contributed by atoms with Crippen LogP contribution in [0, 0.1) is 17.6 Å². The minimum atomic E-state index is -0.678. The van der Waals surface area contributed by atoms with Gasteiger partial charge >= 0.3 is 0 Å². The summed E-state index contributed by atoms with van der Waals surface area (Å²) >= 11 is 0. The van der Waals surface area contributed by atoms with Crippen LogP contribution in [0.5, 0.6) is 0 Å². The Morgan fingerprint density at radius 1 is 1.21 bits per heavy atom. The van der Waals surface area contributed by atoms with E-state index in [1.807, 2.05) is 24.3 Å². The van der Waals surface area contributed by atoms with Crippen LogP contribution < -0.4 is 10.6 Å². The number of nitrogens with one attached hydrogen (secondary N) is 2. The van der Waals surface area contributed by atoms with Crippen molar-refractivity contribution < 1.29 is 18.3 Å². The Morgan fingerprint density at radius 2 is 2.03 bits per heavy atom. The van der Waals surface area contributed by atoms with Crippen molar-refractivity contribution in [2.75, 3.05) is 10.6 Å². The molecule has 29 heavy (non-hydrogen) atoms. The molecule has 0 heterocycles. The van der Waals surface area contributed by atoms with E-state index in [-0.39, 0.29) is 5.69 Å². The Hall–Kier alpha value is -2.47. The van der Waals surface area contributed by atoms with Crippen LogP contribution in [0.1, 0.15) is 45.1 Å². The monoisotopic (exact) mass is 402 g/mol. The number of hydrogen-bond acceptors (Lipinski definition) is 3. The van der Waals surface area contributed by atoms with Crippen LogP contribution in [-0.4, -0.2) is 18.1 Å². The molecule has 0 bridgehead atoms. The summed E-state index contributed by atoms with van der Waals surface area (Å²) in [6.07, 6.45) is 5.01. The lowest BCUT2D eigenvalue weighted by molar-refractivity contribution is -0.116. The second-order valence-electron chi connectivity index (χ2n) is 7.88. The number of benzene rings is 2. The second-order valence-corrected chi connectivity index (χ2v) is 7.88. The molecule has 1 saturated carbocycles. The molecule has 1 aliphatic rings. The van der Waals surface area contributed by atoms with Crippen molar-refractivity contribution in [2.24, 2.45) is 5.92 Å². The first-order chi connectivity index (χ1) is 13.9. The third-order valence-corrected chi connectivity index (χ3v) is 5.26. The molecule has 3 unspecified atom stereocenters. The van der Waals surface area contributed by atoms with Gasteiger partial charge in [-0.05, 0) is 55.5 Å². The predicted molar refractivity (Wildman–Crippen MR) is 111 cm³/mol. The fraction of sp³-hybridized carbons (Fsp3) is 0.435. The molecule has 0 aliphatic heterocycles. The molecule has 156 valence electrons. The van der Waals surface area contributed by atoms with Crippen molar-refractivity contribution in [1.29, 1.82) is 0 Å². The minimum Gasteiger partial charge on any atom is -0.374 e. The summed E-state index contributed by atoms with van der Waals surface area (Å²) in [6, 6.07) is 10.0. The molecule has 0 aromatic heterocycles. The zero-order chi connectivity index (χ0) is 20.8. The van der Waals surface area contributed by atoms with E-state index in [9.17, 15) is 13.6 Å². The summed E-state index contributed by atoms with van der Waals surface area (Å²) in [5, 5.41) is 5.51. The fourth-order valence-corrected chi connectivity index (χ4v) is 3.64. The average Bonchev–Trinajstić information content (AvgIpc) is 2.69. The molecule has 6 heteroatoms. The maximum atomic E-state index is 13.7. The number of halogens is 2. The molecule has 3 atom stereocenters. The summed E-state index contributed by atoms with van der Waals surface area (Å²) in [4.78, 5) is 12.3. The van der Waals surface area contributed by atoms with Gasteiger partial charge in [0.15, 0.2) is 0 Å². The van der Waals surface area contributed by atoms with Gasteiger partial charge in [-0.3, -0.25) is 4.79 Å². The number of rotatable bonds is 7. The highest BCUT2D eigenvalue weighted by molar-refractivity contribution is 5.96. The van der Waals surface area contributed by atoms with E-state index in [2.05, 4.69) is 17.6 Å². The van der Waals surface area contributed by atoms with Crippen LogP contribution in [-0.2, 0) is 16.1 Å². The molecular weight excluding hydrogens is 374 g/mol. The number of ether oxygens (including phenoxy) is 1. The molecule has 4 nitrogen and oxygen atoms in total. The van der Waals surface area contributed by atoms with E-state index < -0.39 is 23.6 Å². The highest BCUT2D eigenvalue weighted by atomic mass is 19.1. The lowest BCUT2D eigenvalue weighted by Crippen LogP contribution is -2.32. The van der Waals surface area contributed by atoms with E-state index in [1.54, 1.807) is 6.92 Å². The minimum absolute atomic E-state index is 0.174. The summed E-state index contributed by atoms with van der Waals surface area (Å²) < 4.78 is 33.1. The first-order valence-electron chi connectivity index (χ1n) is 10.1. The Kier molecular flexibility index (Phi) is 7.20. The molecular formula is C23H28F2N2O2. The van der Waals surface area contributed by atoms with Crippen molar-refractivity contribution in [3.63, 3.8) is 0 Å². The maximum Gasteiger partial charge on any atom is 0.246 e. The quantitative estimate of drug-likeness (QED) is 0.643. The maximum absolute atomic E-state index is 13.7. The van der Waals surface area contributed by atoms with E-state index in [0.717, 1.165) is 42.3 Å². The fourth-order valence-electron chi connectivity index (χ4n) is 3.64. The van der Waals surface area contributed by atoms with Gasteiger partial charge in [0.1, 0.15) is 17.7 Å². The van der Waals surface area contributed by atoms with E-state index in [0.29, 0.717) is 18.6 Å². The third kappa shape index (κ3) is 6.26. The van der Waals surface area contributed by atoms with Crippen molar-refractivity contribution >= 4 is 17.3 Å². The number of hydrogen-bond donors (Lipinski definition) is 2. The molecule has 1 fully saturated rings. The summed E-state index contributed by atoms with van der Waals surface area (Å²) in [5.41, 5.74) is 1.62. The molecule has 2 N–H and O–H groups in total. The largest absolute Gasteiger partial charge is 0.374 e. The Morgan fingerprint density at radius 3 is 2.83 bits per heavy atom. The topological polar surface area (TPSA) is 50.4 Å². The molecule has 0 saturated heterocycles. The Labute approximate surface area is 170 Å². The first-order valence-corrected chi connectivity index (χ1v) is 10.1. The van der Waals surface area contributed by atoms with Crippen molar-refractivity contribution in [3.05, 3.63) is 59.7 Å². The van der Waals surface area contributed by atoms with Gasteiger partial charge in [-0.15, -0.1) is 0 Å². The summed E-state index contributed by atoms with van der Waals surface area (Å²) in [6.45, 7) is 4.46. The third-order valence-electron chi connectivity index (χ3n) is 5.26. The van der Waals surface area contributed by atoms with Crippen LogP contribution in [0.4, 0.5) is 20.2 Å². The Balaban J connectivity index is 1.54. The molecule has 2 aromatic rings. The van der Waals surface area contributed by atoms with Gasteiger partial charge in [0, 0.05) is 11.8 Å². The molecule has 2 aromatic carbocycles.